The van der Waals surface area contributed by atoms with E-state index in [1.807, 2.05) is 18.2 Å². The first-order chi connectivity index (χ1) is 9.60. The topological polar surface area (TPSA) is 30.9 Å². The van der Waals surface area contributed by atoms with Crippen LogP contribution < -0.4 is 0 Å². The van der Waals surface area contributed by atoms with Gasteiger partial charge in [0.05, 0.1) is 13.2 Å². The molecule has 20 heavy (non-hydrogen) atoms. The number of rotatable bonds is 9. The molecule has 0 N–H and O–H groups in total. The molecule has 0 fully saturated rings. The summed E-state index contributed by atoms with van der Waals surface area (Å²) in [5, 5.41) is 0.798. The van der Waals surface area contributed by atoms with Gasteiger partial charge in [-0.1, -0.05) is 29.8 Å². The minimum Gasteiger partial charge on any atom is -0.375 e. The Hall–Kier alpha value is -0.650. The molecule has 0 saturated heterocycles. The number of nitrogens with zero attached hydrogens (tertiary/aromatic N) is 1. The Balaban J connectivity index is 2.36. The van der Waals surface area contributed by atoms with Crippen LogP contribution in [-0.4, -0.2) is 52.2 Å². The number of ether oxygens (including phenoxy) is 3. The molecule has 0 amide bonds. The highest BCUT2D eigenvalue weighted by molar-refractivity contribution is 6.31. The zero-order chi connectivity index (χ0) is 15.0. The fourth-order valence-corrected chi connectivity index (χ4v) is 2.16. The summed E-state index contributed by atoms with van der Waals surface area (Å²) in [7, 11) is 5.26. The summed E-state index contributed by atoms with van der Waals surface area (Å²) >= 11 is 6.21. The van der Waals surface area contributed by atoms with Gasteiger partial charge in [-0.25, -0.2) is 0 Å². The van der Waals surface area contributed by atoms with Crippen molar-refractivity contribution in [2.24, 2.45) is 0 Å². The number of hydrogen-bond acceptors (Lipinski definition) is 4. The molecular weight excluding hydrogens is 278 g/mol. The summed E-state index contributed by atoms with van der Waals surface area (Å²) < 4.78 is 15.7. The Morgan fingerprint density at radius 1 is 1.20 bits per heavy atom. The van der Waals surface area contributed by atoms with Crippen LogP contribution in [0.4, 0.5) is 0 Å². The van der Waals surface area contributed by atoms with E-state index in [0.29, 0.717) is 13.2 Å². The van der Waals surface area contributed by atoms with Gasteiger partial charge in [-0.05, 0) is 25.6 Å². The van der Waals surface area contributed by atoms with Crippen molar-refractivity contribution in [1.82, 2.24) is 4.90 Å². The van der Waals surface area contributed by atoms with E-state index in [0.717, 1.165) is 17.1 Å². The normalized spacial score (nSPS) is 13.2. The van der Waals surface area contributed by atoms with Crippen molar-refractivity contribution in [3.05, 3.63) is 34.9 Å². The summed E-state index contributed by atoms with van der Waals surface area (Å²) in [5.41, 5.74) is 1.13. The van der Waals surface area contributed by atoms with Gasteiger partial charge < -0.3 is 14.2 Å². The Labute approximate surface area is 126 Å². The van der Waals surface area contributed by atoms with Gasteiger partial charge >= 0.3 is 0 Å². The van der Waals surface area contributed by atoms with E-state index < -0.39 is 0 Å². The van der Waals surface area contributed by atoms with Crippen molar-refractivity contribution in [2.75, 3.05) is 41.0 Å². The maximum absolute atomic E-state index is 6.21. The lowest BCUT2D eigenvalue weighted by Crippen LogP contribution is -2.28. The Morgan fingerprint density at radius 3 is 2.45 bits per heavy atom. The lowest BCUT2D eigenvalue weighted by Gasteiger charge is -2.26. The summed E-state index contributed by atoms with van der Waals surface area (Å²) in [6, 6.07) is 8.16. The first-order valence-corrected chi connectivity index (χ1v) is 7.06. The molecule has 4 nitrogen and oxygen atoms in total. The molecule has 0 spiro atoms. The maximum Gasteiger partial charge on any atom is 0.180 e. The zero-order valence-electron chi connectivity index (χ0n) is 12.6. The number of halogens is 1. The van der Waals surface area contributed by atoms with Crippen LogP contribution in [0.2, 0.25) is 5.02 Å². The molecule has 114 valence electrons. The second kappa shape index (κ2) is 9.32. The largest absolute Gasteiger partial charge is 0.375 e. The van der Waals surface area contributed by atoms with E-state index in [-0.39, 0.29) is 12.3 Å². The van der Waals surface area contributed by atoms with Crippen LogP contribution in [0.1, 0.15) is 18.5 Å². The number of methoxy groups -OCH3 is 2. The van der Waals surface area contributed by atoms with Gasteiger partial charge in [0.1, 0.15) is 0 Å². The van der Waals surface area contributed by atoms with Gasteiger partial charge in [0.25, 0.3) is 0 Å². The highest BCUT2D eigenvalue weighted by Crippen LogP contribution is 2.25. The van der Waals surface area contributed by atoms with E-state index in [4.69, 9.17) is 25.8 Å². The van der Waals surface area contributed by atoms with Crippen LogP contribution in [0.25, 0.3) is 0 Å². The molecule has 1 rings (SSSR count). The molecule has 0 aliphatic heterocycles. The molecule has 0 bridgehead atoms. The van der Waals surface area contributed by atoms with Crippen LogP contribution in [0.15, 0.2) is 24.3 Å². The second-order valence-corrected chi connectivity index (χ2v) is 5.06. The molecule has 1 unspecified atom stereocenters. The van der Waals surface area contributed by atoms with Gasteiger partial charge in [-0.15, -0.1) is 0 Å². The van der Waals surface area contributed by atoms with E-state index in [1.54, 1.807) is 14.2 Å². The van der Waals surface area contributed by atoms with Crippen molar-refractivity contribution in [1.29, 1.82) is 0 Å². The monoisotopic (exact) mass is 301 g/mol. The third-order valence-corrected chi connectivity index (χ3v) is 3.73. The minimum atomic E-state index is -0.304. The Bertz CT molecular complexity index is 385. The molecule has 1 atom stereocenters. The minimum absolute atomic E-state index is 0.243. The van der Waals surface area contributed by atoms with Gasteiger partial charge in [0.2, 0.25) is 0 Å². The first-order valence-electron chi connectivity index (χ1n) is 6.68. The number of likely N-dealkylation sites (N-methyl/N-ethyl adjacent to an activating group) is 1. The number of benzene rings is 1. The first kappa shape index (κ1) is 17.4. The third kappa shape index (κ3) is 5.38. The summed E-state index contributed by atoms with van der Waals surface area (Å²) in [6.45, 7) is 4.00. The molecule has 0 radical (unpaired) electrons. The van der Waals surface area contributed by atoms with E-state index in [9.17, 15) is 0 Å². The molecule has 0 saturated carbocycles. The van der Waals surface area contributed by atoms with Crippen molar-refractivity contribution >= 4 is 11.6 Å². The summed E-state index contributed by atoms with van der Waals surface area (Å²) in [5.74, 6) is 0. The fraction of sp³-hybridized carbons (Fsp3) is 0.600. The number of hydrogen-bond donors (Lipinski definition) is 0. The van der Waals surface area contributed by atoms with Gasteiger partial charge in [-0.2, -0.15) is 0 Å². The molecular formula is C15H24ClNO3. The predicted octanol–water partition coefficient (Wildman–Crippen LogP) is 2.97. The quantitative estimate of drug-likeness (QED) is 0.518. The van der Waals surface area contributed by atoms with Crippen molar-refractivity contribution in [3.8, 4) is 0 Å². The smallest absolute Gasteiger partial charge is 0.180 e. The molecule has 1 aromatic rings. The molecule has 1 aromatic carbocycles. The predicted molar refractivity (Wildman–Crippen MR) is 81.1 cm³/mol. The zero-order valence-corrected chi connectivity index (χ0v) is 13.4. The van der Waals surface area contributed by atoms with Gasteiger partial charge in [0, 0.05) is 31.8 Å². The summed E-state index contributed by atoms with van der Waals surface area (Å²) in [6.07, 6.45) is -0.304. The van der Waals surface area contributed by atoms with Crippen LogP contribution >= 0.6 is 11.6 Å². The Kier molecular flexibility index (Phi) is 8.11. The maximum atomic E-state index is 6.21. The van der Waals surface area contributed by atoms with Gasteiger partial charge in [-0.3, -0.25) is 4.90 Å². The molecule has 5 heteroatoms. The second-order valence-electron chi connectivity index (χ2n) is 4.65. The molecule has 0 aromatic heterocycles. The van der Waals surface area contributed by atoms with E-state index in [2.05, 4.69) is 24.9 Å². The third-order valence-electron chi connectivity index (χ3n) is 3.38. The molecule has 0 aliphatic rings. The Morgan fingerprint density at radius 2 is 1.85 bits per heavy atom. The van der Waals surface area contributed by atoms with Crippen LogP contribution in [-0.2, 0) is 14.2 Å². The average molecular weight is 302 g/mol. The van der Waals surface area contributed by atoms with E-state index in [1.165, 1.54) is 0 Å². The SMILES string of the molecule is COC(COCCN(C)C(C)c1ccccc1Cl)OC. The van der Waals surface area contributed by atoms with Crippen molar-refractivity contribution in [2.45, 2.75) is 19.3 Å². The highest BCUT2D eigenvalue weighted by atomic mass is 35.5. The lowest BCUT2D eigenvalue weighted by atomic mass is 10.1. The highest BCUT2D eigenvalue weighted by Gasteiger charge is 2.14. The van der Waals surface area contributed by atoms with Crippen LogP contribution in [0.3, 0.4) is 0 Å². The standard InChI is InChI=1S/C15H24ClNO3/c1-12(13-7-5-6-8-14(13)16)17(2)9-10-20-11-15(18-3)19-4/h5-8,12,15H,9-11H2,1-4H3. The van der Waals surface area contributed by atoms with Crippen LogP contribution in [0, 0.1) is 0 Å². The van der Waals surface area contributed by atoms with Gasteiger partial charge in [0.15, 0.2) is 6.29 Å². The molecule has 0 heterocycles. The summed E-state index contributed by atoms with van der Waals surface area (Å²) in [4.78, 5) is 2.20. The molecule has 0 aliphatic carbocycles. The van der Waals surface area contributed by atoms with Crippen molar-refractivity contribution in [3.63, 3.8) is 0 Å². The van der Waals surface area contributed by atoms with Crippen molar-refractivity contribution < 1.29 is 14.2 Å². The lowest BCUT2D eigenvalue weighted by molar-refractivity contribution is -0.141. The fourth-order valence-electron chi connectivity index (χ4n) is 1.87. The van der Waals surface area contributed by atoms with Crippen LogP contribution in [0.5, 0.6) is 0 Å². The van der Waals surface area contributed by atoms with E-state index >= 15 is 0 Å². The average Bonchev–Trinajstić information content (AvgIpc) is 2.47.